The fraction of sp³-hybridized carbons (Fsp3) is 0.400. The SMILES string of the molecule is C[N+](C)(C)Cc1ccccc1.C[N+](C)(C)Cc1ccccc1.C[N+](C)(C)Cc1ccccc1.[O-2].[O-2].[O-2].[O-2].[O-2].[O-2].[O-2].[O-2].[O-2].[O-2].[O-2].[O-2].[O-2].[O-2].[O-2].[O-2].[O-2].[O-2].[O-2].[O-2].[O-2].[O-2].[O-2].[O-2].[O-2].[OH-].[OH-].[OH-].[V].[V].[V].[V].[V].[V].[V].[V].[V].[V]. The van der Waals surface area contributed by atoms with Gasteiger partial charge in [-0.25, -0.2) is 0 Å². The zero-order valence-corrected chi connectivity index (χ0v) is 52.6. The van der Waals surface area contributed by atoms with Crippen molar-refractivity contribution in [1.29, 1.82) is 0 Å². The quantitative estimate of drug-likeness (QED) is 0.335. The third-order valence-corrected chi connectivity index (χ3v) is 4.50. The van der Waals surface area contributed by atoms with E-state index in [4.69, 9.17) is 0 Å². The maximum atomic E-state index is 2.20. The van der Waals surface area contributed by atoms with Gasteiger partial charge in [-0.2, -0.15) is 0 Å². The minimum atomic E-state index is 0. The number of quaternary nitrogens is 3. The Balaban J connectivity index is -0.00000000504. The van der Waals surface area contributed by atoms with Crippen molar-refractivity contribution in [1.82, 2.24) is 0 Å². The molecule has 0 aromatic heterocycles. The number of rotatable bonds is 6. The summed E-state index contributed by atoms with van der Waals surface area (Å²) in [4.78, 5) is 0. The number of hydrogen-bond acceptors (Lipinski definition) is 3. The molecule has 0 fully saturated rings. The Hall–Kier alpha value is 2.26. The van der Waals surface area contributed by atoms with E-state index in [0.29, 0.717) is 0 Å². The summed E-state index contributed by atoms with van der Waals surface area (Å²) >= 11 is 0. The first kappa shape index (κ1) is 308. The van der Waals surface area contributed by atoms with Gasteiger partial charge in [0.05, 0.1) is 63.4 Å². The molecule has 3 aromatic carbocycles. The van der Waals surface area contributed by atoms with Crippen LogP contribution in [0.25, 0.3) is 0 Å². The Morgan fingerprint density at radius 2 is 0.282 bits per heavy atom. The molecule has 0 aliphatic carbocycles. The van der Waals surface area contributed by atoms with Gasteiger partial charge in [0.2, 0.25) is 0 Å². The van der Waals surface area contributed by atoms with Crippen molar-refractivity contribution in [2.24, 2.45) is 0 Å². The van der Waals surface area contributed by atoms with Gasteiger partial charge in [-0.3, -0.25) is 0 Å². The zero-order chi connectivity index (χ0) is 25.0. The Morgan fingerprint density at radius 3 is 0.352 bits per heavy atom. The summed E-state index contributed by atoms with van der Waals surface area (Å²) in [6.45, 7) is 3.29. The number of nitrogens with zero attached hydrogens (tertiary/aromatic N) is 3. The van der Waals surface area contributed by atoms with E-state index in [0.717, 1.165) is 33.1 Å². The smallest absolute Gasteiger partial charge is 0.104 e. The topological polar surface area (TPSA) is 802 Å². The van der Waals surface area contributed by atoms with Crippen molar-refractivity contribution in [2.75, 3.05) is 63.4 Å². The van der Waals surface area contributed by atoms with Crippen LogP contribution in [0.15, 0.2) is 91.0 Å². The summed E-state index contributed by atoms with van der Waals surface area (Å²) in [6.07, 6.45) is 0. The van der Waals surface area contributed by atoms with E-state index in [9.17, 15) is 0 Å². The van der Waals surface area contributed by atoms with Crippen LogP contribution in [-0.4, -0.2) is 93.3 Å². The molecule has 0 unspecified atom stereocenters. The molecule has 0 aliphatic heterocycles. The van der Waals surface area contributed by atoms with Gasteiger partial charge < -0.3 is 167 Å². The molecule has 0 heterocycles. The van der Waals surface area contributed by atoms with Crippen LogP contribution in [0.4, 0.5) is 0 Å². The normalized spacial score (nSPS) is 5.37. The first-order chi connectivity index (χ1) is 15.2. The molecule has 3 N–H and O–H groups in total. The average Bonchev–Trinajstić information content (AvgIpc) is 2.67. The third kappa shape index (κ3) is 210. The van der Waals surface area contributed by atoms with E-state index in [1.165, 1.54) is 16.7 Å². The molecule has 0 spiro atoms. The van der Waals surface area contributed by atoms with Gasteiger partial charge in [0.1, 0.15) is 19.6 Å². The summed E-state index contributed by atoms with van der Waals surface area (Å²) < 4.78 is 2.97. The monoisotopic (exact) mass is 1410 g/mol. The largest absolute Gasteiger partial charge is 2.00 e. The number of benzene rings is 3. The Morgan fingerprint density at radius 1 is 0.197 bits per heavy atom. The van der Waals surface area contributed by atoms with Crippen LogP contribution in [0.5, 0.6) is 0 Å². The average molecular weight is 1410 g/mol. The molecule has 0 amide bonds. The van der Waals surface area contributed by atoms with Crippen LogP contribution in [-0.2, 0) is 342 Å². The molecule has 0 bridgehead atoms. The molecule has 71 heavy (non-hydrogen) atoms. The molecule has 3 aromatic rings. The summed E-state index contributed by atoms with van der Waals surface area (Å²) in [7, 11) is 19.8. The summed E-state index contributed by atoms with van der Waals surface area (Å²) in [5.74, 6) is 0. The molecule has 0 aliphatic rings. The maximum Gasteiger partial charge on any atom is 0.104 e. The first-order valence-electron chi connectivity index (χ1n) is 11.8. The molecule has 10 radical (unpaired) electrons. The minimum absolute atomic E-state index is 0. The summed E-state index contributed by atoms with van der Waals surface area (Å²) in [5.41, 5.74) is 4.21. The molecular weight excluding hydrogens is 1360 g/mol. The van der Waals surface area contributed by atoms with Crippen LogP contribution in [0, 0.1) is 0 Å². The molecule has 41 heteroatoms. The van der Waals surface area contributed by atoms with Crippen LogP contribution >= 0.6 is 0 Å². The molecule has 454 valence electrons. The van der Waals surface area contributed by atoms with E-state index >= 15 is 0 Å². The van der Waals surface area contributed by atoms with E-state index < -0.39 is 0 Å². The van der Waals surface area contributed by atoms with Gasteiger partial charge in [0.15, 0.2) is 0 Å². The Kier molecular flexibility index (Phi) is 712. The molecule has 3 rings (SSSR count). The van der Waals surface area contributed by atoms with Crippen molar-refractivity contribution in [3.8, 4) is 0 Å². The minimum Gasteiger partial charge on any atom is -2.00 e. The molecule has 0 saturated carbocycles. The predicted octanol–water partition coefficient (Wildman–Crippen LogP) is 2.15. The van der Waals surface area contributed by atoms with E-state index in [1.807, 2.05) is 0 Å². The van der Waals surface area contributed by atoms with Crippen molar-refractivity contribution in [3.05, 3.63) is 108 Å². The molecule has 0 atom stereocenters. The fourth-order valence-electron chi connectivity index (χ4n) is 3.39. The van der Waals surface area contributed by atoms with Crippen molar-refractivity contribution >= 4 is 0 Å². The van der Waals surface area contributed by atoms with E-state index in [2.05, 4.69) is 154 Å². The van der Waals surface area contributed by atoms with Crippen LogP contribution in [0.2, 0.25) is 0 Å². The van der Waals surface area contributed by atoms with Gasteiger partial charge >= 0.3 is 0 Å². The Bertz CT molecular complexity index is 849. The van der Waals surface area contributed by atoms with E-state index in [-0.39, 0.29) is 339 Å². The van der Waals surface area contributed by atoms with E-state index in [1.54, 1.807) is 0 Å². The van der Waals surface area contributed by atoms with Crippen LogP contribution in [0.3, 0.4) is 0 Å². The van der Waals surface area contributed by atoms with Gasteiger partial charge in [0, 0.05) is 202 Å². The van der Waals surface area contributed by atoms with Gasteiger partial charge in [-0.1, -0.05) is 91.0 Å². The van der Waals surface area contributed by atoms with Gasteiger partial charge in [-0.05, 0) is 0 Å². The molecular formula is C30H51N3O28V10-50. The molecule has 0 saturated heterocycles. The van der Waals surface area contributed by atoms with Crippen molar-refractivity contribution < 1.29 is 352 Å². The maximum absolute atomic E-state index is 2.20. The Labute approximate surface area is 537 Å². The summed E-state index contributed by atoms with van der Waals surface area (Å²) in [5, 5.41) is 0. The van der Waals surface area contributed by atoms with Crippen molar-refractivity contribution in [3.63, 3.8) is 0 Å². The third-order valence-electron chi connectivity index (χ3n) is 4.50. The number of hydrogen-bond donors (Lipinski definition) is 0. The van der Waals surface area contributed by atoms with Gasteiger partial charge in [-0.15, -0.1) is 0 Å². The second kappa shape index (κ2) is 164. The zero-order valence-electron chi connectivity index (χ0n) is 38.6. The molecule has 31 nitrogen and oxygen atoms in total. The first-order valence-corrected chi connectivity index (χ1v) is 11.8. The van der Waals surface area contributed by atoms with Crippen molar-refractivity contribution in [2.45, 2.75) is 19.6 Å². The van der Waals surface area contributed by atoms with Crippen LogP contribution < -0.4 is 0 Å². The van der Waals surface area contributed by atoms with Crippen LogP contribution in [0.1, 0.15) is 16.7 Å². The second-order valence-corrected chi connectivity index (χ2v) is 11.8. The summed E-state index contributed by atoms with van der Waals surface area (Å²) in [6, 6.07) is 31.7. The second-order valence-electron chi connectivity index (χ2n) is 11.8. The standard InChI is InChI=1S/3C10H16N.3H2O.25O.10V/c3*1-11(2,3)9-10-7-5-4-6-8-10;;;;;;;;;;;;;;;;;;;;;;;;;;;;;;;;;;;;;;/h3*4-8H,9H2,1-3H3;3*1H2;;;;;;;;;;;;;;;;;;;;;;;;;;;;;;;;;;;/q3*+1;;;;25*-2;;;;;;;;;;/p-3. The predicted molar refractivity (Wildman–Crippen MR) is 168 cm³/mol. The fourth-order valence-corrected chi connectivity index (χ4v) is 3.39. The van der Waals surface area contributed by atoms with Gasteiger partial charge in [0.25, 0.3) is 0 Å².